The molecule has 0 aromatic heterocycles. The third-order valence-electron chi connectivity index (χ3n) is 4.64. The van der Waals surface area contributed by atoms with Crippen LogP contribution in [-0.4, -0.2) is 75.0 Å². The highest BCUT2D eigenvalue weighted by atomic mass is 32.2. The number of halogens is 2. The summed E-state index contributed by atoms with van der Waals surface area (Å²) in [6.45, 7) is -0.194. The Morgan fingerprint density at radius 3 is 2.36 bits per heavy atom. The smallest absolute Gasteiger partial charge is 0.335 e. The second-order valence-corrected chi connectivity index (χ2v) is 8.32. The minimum absolute atomic E-state index is 0.0195. The van der Waals surface area contributed by atoms with Crippen LogP contribution in [0.3, 0.4) is 0 Å². The average molecular weight is 418 g/mol. The molecule has 2 aliphatic heterocycles. The van der Waals surface area contributed by atoms with E-state index in [1.54, 1.807) is 0 Å². The molecule has 1 atom stereocenters. The van der Waals surface area contributed by atoms with Crippen molar-refractivity contribution >= 4 is 21.9 Å². The number of carbonyl (C=O) groups is 2. The van der Waals surface area contributed by atoms with Gasteiger partial charge < -0.3 is 14.4 Å². The van der Waals surface area contributed by atoms with Crippen molar-refractivity contribution in [3.05, 3.63) is 29.8 Å². The maximum atomic E-state index is 13.8. The average Bonchev–Trinajstić information content (AvgIpc) is 3.20. The Balaban J connectivity index is 1.55. The minimum Gasteiger partial charge on any atom is -0.454 e. The first-order valence-electron chi connectivity index (χ1n) is 8.81. The van der Waals surface area contributed by atoms with Crippen LogP contribution in [0.5, 0.6) is 0 Å². The van der Waals surface area contributed by atoms with Gasteiger partial charge in [-0.15, -0.1) is 0 Å². The van der Waals surface area contributed by atoms with Crippen molar-refractivity contribution in [2.75, 3.05) is 39.4 Å². The van der Waals surface area contributed by atoms with E-state index in [4.69, 9.17) is 9.47 Å². The standard InChI is InChI=1S/C17H20F2N2O6S/c18-12-3-1-4-13(19)16(12)28(24,25)21-8-6-20(7-9-21)15(22)11-27-17(23)14-5-2-10-26-14/h1,3-4,14H,2,5-11H2/t14-/m0/s1. The Labute approximate surface area is 161 Å². The number of rotatable bonds is 5. The van der Waals surface area contributed by atoms with Gasteiger partial charge in [-0.2, -0.15) is 4.31 Å². The lowest BCUT2D eigenvalue weighted by atomic mass is 10.2. The van der Waals surface area contributed by atoms with Gasteiger partial charge in [-0.25, -0.2) is 22.0 Å². The van der Waals surface area contributed by atoms with Gasteiger partial charge in [-0.05, 0) is 25.0 Å². The fraction of sp³-hybridized carbons (Fsp3) is 0.529. The zero-order valence-electron chi connectivity index (χ0n) is 15.0. The van der Waals surface area contributed by atoms with Crippen LogP contribution in [0.15, 0.2) is 23.1 Å². The highest BCUT2D eigenvalue weighted by Crippen LogP contribution is 2.23. The van der Waals surface area contributed by atoms with Crippen LogP contribution in [-0.2, 0) is 29.1 Å². The number of ether oxygens (including phenoxy) is 2. The number of hydrogen-bond acceptors (Lipinski definition) is 6. The Morgan fingerprint density at radius 2 is 1.79 bits per heavy atom. The van der Waals surface area contributed by atoms with Crippen LogP contribution < -0.4 is 0 Å². The highest BCUT2D eigenvalue weighted by molar-refractivity contribution is 7.89. The van der Waals surface area contributed by atoms with Gasteiger partial charge in [-0.3, -0.25) is 4.79 Å². The number of sulfonamides is 1. The van der Waals surface area contributed by atoms with Gasteiger partial charge in [0.15, 0.2) is 17.6 Å². The molecule has 0 aliphatic carbocycles. The van der Waals surface area contributed by atoms with Crippen molar-refractivity contribution in [2.24, 2.45) is 0 Å². The van der Waals surface area contributed by atoms with Gasteiger partial charge in [0.25, 0.3) is 5.91 Å². The van der Waals surface area contributed by atoms with E-state index in [-0.39, 0.29) is 26.2 Å². The summed E-state index contributed by atoms with van der Waals surface area (Å²) in [4.78, 5) is 24.3. The third-order valence-corrected chi connectivity index (χ3v) is 6.59. The normalized spacial score (nSPS) is 20.9. The van der Waals surface area contributed by atoms with Crippen molar-refractivity contribution in [3.63, 3.8) is 0 Å². The second kappa shape index (κ2) is 8.50. The first-order valence-corrected chi connectivity index (χ1v) is 10.2. The van der Waals surface area contributed by atoms with E-state index in [0.29, 0.717) is 13.0 Å². The van der Waals surface area contributed by atoms with Crippen molar-refractivity contribution < 1.29 is 36.3 Å². The van der Waals surface area contributed by atoms with Crippen LogP contribution in [0.4, 0.5) is 8.78 Å². The molecule has 1 amide bonds. The summed E-state index contributed by atoms with van der Waals surface area (Å²) >= 11 is 0. The van der Waals surface area contributed by atoms with E-state index in [1.807, 2.05) is 0 Å². The number of amides is 1. The van der Waals surface area contributed by atoms with Gasteiger partial charge in [0.05, 0.1) is 0 Å². The molecule has 0 unspecified atom stereocenters. The first-order chi connectivity index (χ1) is 13.3. The maximum absolute atomic E-state index is 13.8. The molecule has 2 aliphatic rings. The Bertz CT molecular complexity index is 829. The summed E-state index contributed by atoms with van der Waals surface area (Å²) in [6, 6.07) is 2.83. The fourth-order valence-corrected chi connectivity index (χ4v) is 4.65. The van der Waals surface area contributed by atoms with Crippen molar-refractivity contribution in [1.29, 1.82) is 0 Å². The van der Waals surface area contributed by atoms with E-state index in [0.717, 1.165) is 28.9 Å². The van der Waals surface area contributed by atoms with Crippen LogP contribution in [0, 0.1) is 11.6 Å². The maximum Gasteiger partial charge on any atom is 0.335 e. The molecule has 11 heteroatoms. The van der Waals surface area contributed by atoms with Gasteiger partial charge in [0.2, 0.25) is 10.0 Å². The number of benzene rings is 1. The first kappa shape index (κ1) is 20.6. The number of nitrogens with zero attached hydrogens (tertiary/aromatic N) is 2. The predicted octanol–water partition coefficient (Wildman–Crippen LogP) is 0.520. The van der Waals surface area contributed by atoms with E-state index in [2.05, 4.69) is 0 Å². The molecule has 28 heavy (non-hydrogen) atoms. The van der Waals surface area contributed by atoms with E-state index in [9.17, 15) is 26.8 Å². The zero-order chi connectivity index (χ0) is 20.3. The minimum atomic E-state index is -4.37. The van der Waals surface area contributed by atoms with Gasteiger partial charge in [0.1, 0.15) is 11.6 Å². The Morgan fingerprint density at radius 1 is 1.14 bits per heavy atom. The summed E-state index contributed by atoms with van der Waals surface area (Å²) in [6.07, 6.45) is 0.661. The highest BCUT2D eigenvalue weighted by Gasteiger charge is 2.34. The summed E-state index contributed by atoms with van der Waals surface area (Å²) in [7, 11) is -4.37. The number of hydrogen-bond donors (Lipinski definition) is 0. The second-order valence-electron chi connectivity index (χ2n) is 6.45. The van der Waals surface area contributed by atoms with Crippen LogP contribution in [0.25, 0.3) is 0 Å². The van der Waals surface area contributed by atoms with Crippen LogP contribution in [0.2, 0.25) is 0 Å². The molecule has 2 fully saturated rings. The molecule has 0 bridgehead atoms. The van der Waals surface area contributed by atoms with E-state index in [1.165, 1.54) is 4.90 Å². The lowest BCUT2D eigenvalue weighted by Gasteiger charge is -2.34. The number of piperazine rings is 1. The quantitative estimate of drug-likeness (QED) is 0.648. The van der Waals surface area contributed by atoms with Gasteiger partial charge >= 0.3 is 5.97 Å². The predicted molar refractivity (Wildman–Crippen MR) is 91.6 cm³/mol. The topological polar surface area (TPSA) is 93.2 Å². The number of esters is 1. The van der Waals surface area contributed by atoms with Crippen LogP contribution >= 0.6 is 0 Å². The molecule has 1 aromatic rings. The molecule has 0 saturated carbocycles. The molecule has 8 nitrogen and oxygen atoms in total. The summed E-state index contributed by atoms with van der Waals surface area (Å²) in [5.74, 6) is -3.40. The molecular formula is C17H20F2N2O6S. The van der Waals surface area contributed by atoms with Crippen molar-refractivity contribution in [1.82, 2.24) is 9.21 Å². The zero-order valence-corrected chi connectivity index (χ0v) is 15.8. The SMILES string of the molecule is O=C(OCC(=O)N1CCN(S(=O)(=O)c2c(F)cccc2F)CC1)[C@@H]1CCCO1. The molecule has 1 aromatic carbocycles. The lowest BCUT2D eigenvalue weighted by Crippen LogP contribution is -2.51. The molecule has 0 radical (unpaired) electrons. The molecular weight excluding hydrogens is 398 g/mol. The van der Waals surface area contributed by atoms with E-state index < -0.39 is 51.1 Å². The molecule has 154 valence electrons. The molecule has 0 spiro atoms. The lowest BCUT2D eigenvalue weighted by molar-refractivity contribution is -0.160. The van der Waals surface area contributed by atoms with Gasteiger partial charge in [0, 0.05) is 32.8 Å². The fourth-order valence-electron chi connectivity index (χ4n) is 3.12. The molecule has 0 N–H and O–H groups in total. The van der Waals surface area contributed by atoms with Crippen LogP contribution in [0.1, 0.15) is 12.8 Å². The monoisotopic (exact) mass is 418 g/mol. The van der Waals surface area contributed by atoms with Crippen molar-refractivity contribution in [2.45, 2.75) is 23.8 Å². The molecule has 3 rings (SSSR count). The molecule has 2 heterocycles. The summed E-state index contributed by atoms with van der Waals surface area (Å²) in [5, 5.41) is 0. The Hall–Kier alpha value is -2.11. The van der Waals surface area contributed by atoms with Crippen molar-refractivity contribution in [3.8, 4) is 0 Å². The largest absolute Gasteiger partial charge is 0.454 e. The summed E-state index contributed by atoms with van der Waals surface area (Å²) < 4.78 is 63.8. The Kier molecular flexibility index (Phi) is 6.26. The number of carbonyl (C=O) groups excluding carboxylic acids is 2. The van der Waals surface area contributed by atoms with Gasteiger partial charge in [-0.1, -0.05) is 6.07 Å². The molecule has 2 saturated heterocycles. The summed E-state index contributed by atoms with van der Waals surface area (Å²) in [5.41, 5.74) is 0. The third kappa shape index (κ3) is 4.31. The van der Waals surface area contributed by atoms with E-state index >= 15 is 0 Å².